The summed E-state index contributed by atoms with van der Waals surface area (Å²) in [7, 11) is 0. The number of nitro groups is 1. The summed E-state index contributed by atoms with van der Waals surface area (Å²) in [6.45, 7) is 0. The number of nitrogens with zero attached hydrogens (tertiary/aromatic N) is 1. The molecule has 0 radical (unpaired) electrons. The van der Waals surface area contributed by atoms with Gasteiger partial charge < -0.3 is 4.74 Å². The third-order valence-corrected chi connectivity index (χ3v) is 3.10. The molecule has 0 aliphatic carbocycles. The van der Waals surface area contributed by atoms with Gasteiger partial charge in [0, 0.05) is 11.6 Å². The molecule has 20 heavy (non-hydrogen) atoms. The molecule has 0 amide bonds. The minimum atomic E-state index is -0.521. The standard InChI is InChI=1S/C13H8Cl2FNO3/c14-7-8-5-10(2-3-12(8)17(18)19)20-13-4-1-9(16)6-11(13)15/h1-6H,7H2. The van der Waals surface area contributed by atoms with Crippen molar-refractivity contribution in [3.63, 3.8) is 0 Å². The molecule has 2 rings (SSSR count). The average molecular weight is 316 g/mol. The van der Waals surface area contributed by atoms with Crippen LogP contribution in [0.4, 0.5) is 10.1 Å². The van der Waals surface area contributed by atoms with Gasteiger partial charge in [0.05, 0.1) is 15.8 Å². The quantitative estimate of drug-likeness (QED) is 0.457. The smallest absolute Gasteiger partial charge is 0.274 e. The van der Waals surface area contributed by atoms with Gasteiger partial charge >= 0.3 is 0 Å². The first-order chi connectivity index (χ1) is 9.51. The fraction of sp³-hybridized carbons (Fsp3) is 0.0769. The molecular formula is C13H8Cl2FNO3. The van der Waals surface area contributed by atoms with Crippen LogP contribution < -0.4 is 4.74 Å². The number of alkyl halides is 1. The molecule has 0 saturated heterocycles. The first-order valence-electron chi connectivity index (χ1n) is 5.47. The molecule has 0 atom stereocenters. The van der Waals surface area contributed by atoms with Crippen molar-refractivity contribution in [2.45, 2.75) is 5.88 Å². The van der Waals surface area contributed by atoms with Gasteiger partial charge in [-0.25, -0.2) is 4.39 Å². The van der Waals surface area contributed by atoms with E-state index in [0.29, 0.717) is 11.3 Å². The predicted octanol–water partition coefficient (Wildman–Crippen LogP) is 4.92. The second-order valence-electron chi connectivity index (χ2n) is 3.86. The van der Waals surface area contributed by atoms with Crippen molar-refractivity contribution in [2.24, 2.45) is 0 Å². The van der Waals surface area contributed by atoms with Gasteiger partial charge in [-0.15, -0.1) is 11.6 Å². The Morgan fingerprint density at radius 1 is 1.25 bits per heavy atom. The topological polar surface area (TPSA) is 52.4 Å². The number of benzene rings is 2. The number of halogens is 3. The Morgan fingerprint density at radius 3 is 2.60 bits per heavy atom. The maximum atomic E-state index is 12.9. The first kappa shape index (κ1) is 14.6. The largest absolute Gasteiger partial charge is 0.456 e. The van der Waals surface area contributed by atoms with Crippen LogP contribution in [-0.2, 0) is 5.88 Å². The molecule has 0 heterocycles. The maximum Gasteiger partial charge on any atom is 0.274 e. The Hall–Kier alpha value is -1.85. The van der Waals surface area contributed by atoms with Crippen molar-refractivity contribution < 1.29 is 14.1 Å². The van der Waals surface area contributed by atoms with Crippen LogP contribution in [0.5, 0.6) is 11.5 Å². The summed E-state index contributed by atoms with van der Waals surface area (Å²) in [5.74, 6) is 0.0830. The van der Waals surface area contributed by atoms with E-state index in [1.807, 2.05) is 0 Å². The fourth-order valence-electron chi connectivity index (χ4n) is 1.60. The normalized spacial score (nSPS) is 10.3. The van der Waals surface area contributed by atoms with E-state index in [2.05, 4.69) is 0 Å². The molecule has 0 aliphatic heterocycles. The third kappa shape index (κ3) is 3.18. The second kappa shape index (κ2) is 6.07. The molecule has 104 valence electrons. The highest BCUT2D eigenvalue weighted by atomic mass is 35.5. The Bertz CT molecular complexity index is 664. The van der Waals surface area contributed by atoms with E-state index in [0.717, 1.165) is 6.07 Å². The maximum absolute atomic E-state index is 12.9. The molecule has 2 aromatic carbocycles. The molecular weight excluding hydrogens is 308 g/mol. The van der Waals surface area contributed by atoms with Gasteiger partial charge in [0.1, 0.15) is 17.3 Å². The van der Waals surface area contributed by atoms with Crippen molar-refractivity contribution in [3.05, 3.63) is 62.9 Å². The fourth-order valence-corrected chi connectivity index (χ4v) is 2.02. The summed E-state index contributed by atoms with van der Waals surface area (Å²) in [5, 5.41) is 10.9. The van der Waals surface area contributed by atoms with Crippen LogP contribution in [0, 0.1) is 15.9 Å². The van der Waals surface area contributed by atoms with Crippen molar-refractivity contribution >= 4 is 28.9 Å². The number of nitro benzene ring substituents is 1. The number of hydrogen-bond donors (Lipinski definition) is 0. The zero-order valence-corrected chi connectivity index (χ0v) is 11.5. The van der Waals surface area contributed by atoms with E-state index >= 15 is 0 Å². The summed E-state index contributed by atoms with van der Waals surface area (Å²) >= 11 is 11.5. The SMILES string of the molecule is O=[N+]([O-])c1ccc(Oc2ccc(F)cc2Cl)cc1CCl. The molecule has 2 aromatic rings. The molecule has 0 aromatic heterocycles. The van der Waals surface area contributed by atoms with E-state index in [4.69, 9.17) is 27.9 Å². The third-order valence-electron chi connectivity index (χ3n) is 2.51. The van der Waals surface area contributed by atoms with Crippen LogP contribution in [0.1, 0.15) is 5.56 Å². The van der Waals surface area contributed by atoms with Crippen LogP contribution in [0.25, 0.3) is 0 Å². The van der Waals surface area contributed by atoms with Crippen LogP contribution in [-0.4, -0.2) is 4.92 Å². The number of ether oxygens (including phenoxy) is 1. The van der Waals surface area contributed by atoms with E-state index in [-0.39, 0.29) is 22.3 Å². The van der Waals surface area contributed by atoms with Crippen molar-refractivity contribution in [1.29, 1.82) is 0 Å². The second-order valence-corrected chi connectivity index (χ2v) is 4.53. The highest BCUT2D eigenvalue weighted by Gasteiger charge is 2.14. The van der Waals surface area contributed by atoms with Gasteiger partial charge in [0.15, 0.2) is 0 Å². The predicted molar refractivity (Wildman–Crippen MR) is 74.1 cm³/mol. The van der Waals surface area contributed by atoms with E-state index in [9.17, 15) is 14.5 Å². The van der Waals surface area contributed by atoms with Gasteiger partial charge in [-0.05, 0) is 30.3 Å². The van der Waals surface area contributed by atoms with Crippen molar-refractivity contribution in [1.82, 2.24) is 0 Å². The molecule has 7 heteroatoms. The van der Waals surface area contributed by atoms with Gasteiger partial charge in [-0.3, -0.25) is 10.1 Å². The van der Waals surface area contributed by atoms with E-state index in [1.165, 1.54) is 30.3 Å². The lowest BCUT2D eigenvalue weighted by atomic mass is 10.2. The van der Waals surface area contributed by atoms with Crippen LogP contribution >= 0.6 is 23.2 Å². The monoisotopic (exact) mass is 315 g/mol. The zero-order valence-electron chi connectivity index (χ0n) is 9.98. The summed E-state index contributed by atoms with van der Waals surface area (Å²) in [5.41, 5.74) is 0.241. The van der Waals surface area contributed by atoms with E-state index < -0.39 is 10.7 Å². The van der Waals surface area contributed by atoms with Gasteiger partial charge in [0.25, 0.3) is 5.69 Å². The molecule has 0 spiro atoms. The van der Waals surface area contributed by atoms with Crippen molar-refractivity contribution in [2.75, 3.05) is 0 Å². The van der Waals surface area contributed by atoms with Crippen LogP contribution in [0.3, 0.4) is 0 Å². The highest BCUT2D eigenvalue weighted by molar-refractivity contribution is 6.32. The molecule has 0 N–H and O–H groups in total. The molecule has 0 aliphatic rings. The summed E-state index contributed by atoms with van der Waals surface area (Å²) < 4.78 is 18.4. The summed E-state index contributed by atoms with van der Waals surface area (Å²) in [6.07, 6.45) is 0. The van der Waals surface area contributed by atoms with Crippen molar-refractivity contribution in [3.8, 4) is 11.5 Å². The zero-order chi connectivity index (χ0) is 14.7. The Labute approximate surface area is 123 Å². The summed E-state index contributed by atoms with van der Waals surface area (Å²) in [4.78, 5) is 10.3. The number of rotatable bonds is 4. The lowest BCUT2D eigenvalue weighted by molar-refractivity contribution is -0.385. The Morgan fingerprint density at radius 2 is 2.00 bits per heavy atom. The molecule has 0 unspecified atom stereocenters. The Kier molecular flexibility index (Phi) is 4.42. The highest BCUT2D eigenvalue weighted by Crippen LogP contribution is 2.32. The lowest BCUT2D eigenvalue weighted by Gasteiger charge is -2.08. The van der Waals surface area contributed by atoms with Gasteiger partial charge in [-0.1, -0.05) is 11.6 Å². The van der Waals surface area contributed by atoms with Gasteiger partial charge in [0.2, 0.25) is 0 Å². The molecule has 0 saturated carbocycles. The summed E-state index contributed by atoms with van der Waals surface area (Å²) in [6, 6.07) is 7.86. The minimum absolute atomic E-state index is 0.0232. The first-order valence-corrected chi connectivity index (χ1v) is 6.38. The minimum Gasteiger partial charge on any atom is -0.456 e. The molecule has 4 nitrogen and oxygen atoms in total. The van der Waals surface area contributed by atoms with Crippen LogP contribution in [0.15, 0.2) is 36.4 Å². The van der Waals surface area contributed by atoms with Crippen LogP contribution in [0.2, 0.25) is 5.02 Å². The Balaban J connectivity index is 2.32. The average Bonchev–Trinajstić information content (AvgIpc) is 2.41. The lowest BCUT2D eigenvalue weighted by Crippen LogP contribution is -1.94. The van der Waals surface area contributed by atoms with Gasteiger partial charge in [-0.2, -0.15) is 0 Å². The number of hydrogen-bond acceptors (Lipinski definition) is 3. The van der Waals surface area contributed by atoms with E-state index in [1.54, 1.807) is 0 Å². The molecule has 0 bridgehead atoms. The molecule has 0 fully saturated rings.